The van der Waals surface area contributed by atoms with Crippen molar-refractivity contribution in [3.63, 3.8) is 0 Å². The van der Waals surface area contributed by atoms with Crippen molar-refractivity contribution in [3.05, 3.63) is 48.7 Å². The van der Waals surface area contributed by atoms with Gasteiger partial charge in [0.2, 0.25) is 5.95 Å². The summed E-state index contributed by atoms with van der Waals surface area (Å²) in [6.45, 7) is 1.54. The monoisotopic (exact) mass is 513 g/mol. The molecule has 1 aliphatic carbocycles. The molecule has 4 aromatic heterocycles. The van der Waals surface area contributed by atoms with Gasteiger partial charge in [0.05, 0.1) is 24.0 Å². The minimum absolute atomic E-state index is 0.0121. The number of hydrogen-bond donors (Lipinski definition) is 1. The summed E-state index contributed by atoms with van der Waals surface area (Å²) >= 11 is 0. The molecule has 1 aliphatic heterocycles. The Labute approximate surface area is 210 Å². The van der Waals surface area contributed by atoms with Crippen LogP contribution in [0.4, 0.5) is 19.1 Å². The molecular formula is C25H26F3N7O2. The Kier molecular flexibility index (Phi) is 5.98. The van der Waals surface area contributed by atoms with Gasteiger partial charge < -0.3 is 10.2 Å². The van der Waals surface area contributed by atoms with Gasteiger partial charge in [0, 0.05) is 42.7 Å². The number of fused-ring (bicyclic) bond motifs is 2. The zero-order valence-corrected chi connectivity index (χ0v) is 20.0. The molecule has 1 saturated carbocycles. The smallest absolute Gasteiger partial charge is 0.350 e. The highest BCUT2D eigenvalue weighted by molar-refractivity contribution is 5.93. The fourth-order valence-corrected chi connectivity index (χ4v) is 5.29. The van der Waals surface area contributed by atoms with Crippen LogP contribution in [0.2, 0.25) is 0 Å². The molecule has 0 bridgehead atoms. The summed E-state index contributed by atoms with van der Waals surface area (Å²) in [5, 5.41) is 7.79. The highest BCUT2D eigenvalue weighted by atomic mass is 19.4. The molecule has 12 heteroatoms. The molecule has 6 rings (SSSR count). The number of carbonyl (C=O) groups is 1. The first-order chi connectivity index (χ1) is 17.8. The highest BCUT2D eigenvalue weighted by Crippen LogP contribution is 2.30. The van der Waals surface area contributed by atoms with E-state index in [1.54, 1.807) is 16.9 Å². The van der Waals surface area contributed by atoms with Crippen LogP contribution >= 0.6 is 0 Å². The van der Waals surface area contributed by atoms with Crippen molar-refractivity contribution in [2.24, 2.45) is 0 Å². The van der Waals surface area contributed by atoms with Gasteiger partial charge in [-0.25, -0.2) is 14.5 Å². The van der Waals surface area contributed by atoms with E-state index in [1.165, 1.54) is 0 Å². The van der Waals surface area contributed by atoms with E-state index in [0.717, 1.165) is 42.6 Å². The molecule has 0 unspecified atom stereocenters. The molecule has 0 spiro atoms. The van der Waals surface area contributed by atoms with E-state index >= 15 is 0 Å². The molecule has 2 aliphatic rings. The van der Waals surface area contributed by atoms with E-state index in [9.17, 15) is 18.0 Å². The third-order valence-electron chi connectivity index (χ3n) is 7.15. The molecule has 1 amide bonds. The minimum atomic E-state index is -4.60. The summed E-state index contributed by atoms with van der Waals surface area (Å²) in [4.78, 5) is 23.7. The number of nitrogens with zero attached hydrogens (tertiary/aromatic N) is 6. The Morgan fingerprint density at radius 3 is 2.57 bits per heavy atom. The number of amides is 1. The molecule has 194 valence electrons. The average molecular weight is 514 g/mol. The van der Waals surface area contributed by atoms with Gasteiger partial charge in [-0.3, -0.25) is 13.9 Å². The van der Waals surface area contributed by atoms with E-state index in [1.807, 2.05) is 39.9 Å². The molecule has 9 nitrogen and oxygen atoms in total. The standard InChI is InChI=1S/C25H26F3N7O2/c26-25(27,28)37-18-6-4-17(5-7-18)31-24-30-13-20-19(9-12-35(20)32-24)16-3-8-22-29-14-21(34(22)15-16)23(36)33-10-1-2-11-33/h3,8-9,12-15,17-18H,1-2,4-7,10-11H2,(H,31,32)/t17-,18+. The van der Waals surface area contributed by atoms with Crippen LogP contribution in [0.1, 0.15) is 49.0 Å². The number of carbonyl (C=O) groups excluding carboxylic acids is 1. The molecule has 0 radical (unpaired) electrons. The van der Waals surface area contributed by atoms with E-state index in [2.05, 4.69) is 25.1 Å². The SMILES string of the molecule is O=C(c1cnc2ccc(-c3ccn4nc(N[C@H]5CC[C@@H](OC(F)(F)F)CC5)ncc34)cn12)N1CCCC1. The number of nitrogens with one attached hydrogen (secondary N) is 1. The number of anilines is 1. The van der Waals surface area contributed by atoms with E-state index in [-0.39, 0.29) is 11.9 Å². The summed E-state index contributed by atoms with van der Waals surface area (Å²) in [5.41, 5.74) is 3.84. The predicted molar refractivity (Wildman–Crippen MR) is 129 cm³/mol. The minimum Gasteiger partial charge on any atom is -0.350 e. The summed E-state index contributed by atoms with van der Waals surface area (Å²) in [6.07, 6.45) is 5.48. The van der Waals surface area contributed by atoms with Crippen LogP contribution in [0.25, 0.3) is 22.3 Å². The van der Waals surface area contributed by atoms with Crippen molar-refractivity contribution in [3.8, 4) is 11.1 Å². The third kappa shape index (κ3) is 4.85. The maximum Gasteiger partial charge on any atom is 0.522 e. The summed E-state index contributed by atoms with van der Waals surface area (Å²) < 4.78 is 45.1. The molecule has 1 N–H and O–H groups in total. The van der Waals surface area contributed by atoms with Crippen LogP contribution in [0, 0.1) is 0 Å². The Morgan fingerprint density at radius 1 is 1.03 bits per heavy atom. The highest BCUT2D eigenvalue weighted by Gasteiger charge is 2.35. The molecule has 2 fully saturated rings. The second kappa shape index (κ2) is 9.33. The largest absolute Gasteiger partial charge is 0.522 e. The zero-order valence-electron chi connectivity index (χ0n) is 20.0. The Hall–Kier alpha value is -3.67. The van der Waals surface area contributed by atoms with Gasteiger partial charge in [0.1, 0.15) is 11.3 Å². The van der Waals surface area contributed by atoms with E-state index < -0.39 is 12.5 Å². The number of imidazole rings is 1. The van der Waals surface area contributed by atoms with Crippen LogP contribution in [-0.4, -0.2) is 66.4 Å². The quantitative estimate of drug-likeness (QED) is 0.422. The number of hydrogen-bond acceptors (Lipinski definition) is 6. The first kappa shape index (κ1) is 23.7. The second-order valence-corrected chi connectivity index (χ2v) is 9.61. The van der Waals surface area contributed by atoms with Crippen molar-refractivity contribution in [1.29, 1.82) is 0 Å². The first-order valence-corrected chi connectivity index (χ1v) is 12.5. The maximum atomic E-state index is 13.0. The summed E-state index contributed by atoms with van der Waals surface area (Å²) in [6, 6.07) is 5.76. The maximum absolute atomic E-state index is 13.0. The lowest BCUT2D eigenvalue weighted by molar-refractivity contribution is -0.345. The van der Waals surface area contributed by atoms with Crippen LogP contribution in [0.3, 0.4) is 0 Å². The number of likely N-dealkylation sites (tertiary alicyclic amines) is 1. The lowest BCUT2D eigenvalue weighted by atomic mass is 9.93. The summed E-state index contributed by atoms with van der Waals surface area (Å²) in [7, 11) is 0. The van der Waals surface area contributed by atoms with Crippen molar-refractivity contribution in [1.82, 2.24) is 28.9 Å². The van der Waals surface area contributed by atoms with Gasteiger partial charge in [0.15, 0.2) is 0 Å². The number of alkyl halides is 3. The fraction of sp³-hybridized carbons (Fsp3) is 0.440. The van der Waals surface area contributed by atoms with Crippen molar-refractivity contribution >= 4 is 23.0 Å². The number of ether oxygens (including phenoxy) is 1. The lowest BCUT2D eigenvalue weighted by Gasteiger charge is -2.29. The normalized spacial score (nSPS) is 20.7. The number of halogens is 3. The Balaban J connectivity index is 1.19. The van der Waals surface area contributed by atoms with E-state index in [4.69, 9.17) is 0 Å². The predicted octanol–water partition coefficient (Wildman–Crippen LogP) is 4.54. The van der Waals surface area contributed by atoms with Gasteiger partial charge in [-0.1, -0.05) is 0 Å². The molecule has 4 aromatic rings. The van der Waals surface area contributed by atoms with Crippen molar-refractivity contribution in [2.75, 3.05) is 18.4 Å². The Bertz CT molecular complexity index is 1430. The van der Waals surface area contributed by atoms with Crippen LogP contribution < -0.4 is 5.32 Å². The van der Waals surface area contributed by atoms with Crippen LogP contribution in [0.5, 0.6) is 0 Å². The van der Waals surface area contributed by atoms with Crippen molar-refractivity contribution in [2.45, 2.75) is 57.0 Å². The van der Waals surface area contributed by atoms with Gasteiger partial charge in [-0.2, -0.15) is 0 Å². The number of aromatic nitrogens is 5. The van der Waals surface area contributed by atoms with Crippen molar-refractivity contribution < 1.29 is 22.7 Å². The molecule has 5 heterocycles. The topological polar surface area (TPSA) is 89.1 Å². The fourth-order valence-electron chi connectivity index (χ4n) is 5.29. The molecule has 0 aromatic carbocycles. The third-order valence-corrected chi connectivity index (χ3v) is 7.15. The van der Waals surface area contributed by atoms with E-state index in [0.29, 0.717) is 43.0 Å². The van der Waals surface area contributed by atoms with Crippen LogP contribution in [0.15, 0.2) is 43.0 Å². The summed E-state index contributed by atoms with van der Waals surface area (Å²) in [5.74, 6) is 0.403. The van der Waals surface area contributed by atoms with Gasteiger partial charge in [-0.15, -0.1) is 18.3 Å². The molecular weight excluding hydrogens is 487 g/mol. The number of rotatable bonds is 5. The van der Waals surface area contributed by atoms with Gasteiger partial charge in [-0.05, 0) is 56.7 Å². The average Bonchev–Trinajstić information content (AvgIpc) is 3.63. The first-order valence-electron chi connectivity index (χ1n) is 12.5. The number of pyridine rings is 1. The zero-order chi connectivity index (χ0) is 25.6. The lowest BCUT2D eigenvalue weighted by Crippen LogP contribution is -2.33. The van der Waals surface area contributed by atoms with Crippen LogP contribution in [-0.2, 0) is 4.74 Å². The second-order valence-electron chi connectivity index (χ2n) is 9.61. The molecule has 0 atom stereocenters. The molecule has 37 heavy (non-hydrogen) atoms. The Morgan fingerprint density at radius 2 is 1.81 bits per heavy atom. The van der Waals surface area contributed by atoms with Gasteiger partial charge in [0.25, 0.3) is 5.91 Å². The van der Waals surface area contributed by atoms with Gasteiger partial charge >= 0.3 is 6.36 Å². The molecule has 1 saturated heterocycles.